The van der Waals surface area contributed by atoms with Crippen LogP contribution in [0.25, 0.3) is 0 Å². The summed E-state index contributed by atoms with van der Waals surface area (Å²) in [5.74, 6) is 2.13. The van der Waals surface area contributed by atoms with Gasteiger partial charge in [-0.15, -0.1) is 0 Å². The molecule has 1 nitrogen and oxygen atoms in total. The van der Waals surface area contributed by atoms with Crippen LogP contribution in [-0.2, 0) is 0 Å². The van der Waals surface area contributed by atoms with Crippen LogP contribution >= 0.6 is 0 Å². The molecule has 1 N–H and O–H groups in total. The van der Waals surface area contributed by atoms with E-state index < -0.39 is 0 Å². The van der Waals surface area contributed by atoms with Crippen LogP contribution in [0.1, 0.15) is 64.7 Å². The number of hydrogen-bond acceptors (Lipinski definition) is 1. The SMILES string of the molecule is CCC1CCC(NCC2(C3CC3)CCC2)C1. The van der Waals surface area contributed by atoms with Crippen LogP contribution in [0, 0.1) is 17.3 Å². The van der Waals surface area contributed by atoms with Gasteiger partial charge in [-0.05, 0) is 62.2 Å². The van der Waals surface area contributed by atoms with Crippen LogP contribution in [0.4, 0.5) is 0 Å². The highest BCUT2D eigenvalue weighted by Crippen LogP contribution is 2.56. The summed E-state index contributed by atoms with van der Waals surface area (Å²) in [6, 6.07) is 0.862. The van der Waals surface area contributed by atoms with Crippen molar-refractivity contribution in [3.63, 3.8) is 0 Å². The molecule has 0 heterocycles. The molecule has 0 aromatic rings. The van der Waals surface area contributed by atoms with Crippen molar-refractivity contribution in [2.24, 2.45) is 17.3 Å². The van der Waals surface area contributed by atoms with Crippen molar-refractivity contribution in [3.05, 3.63) is 0 Å². The van der Waals surface area contributed by atoms with Gasteiger partial charge in [-0.25, -0.2) is 0 Å². The highest BCUT2D eigenvalue weighted by molar-refractivity contribution is 5.01. The van der Waals surface area contributed by atoms with E-state index in [4.69, 9.17) is 0 Å². The number of nitrogens with one attached hydrogen (secondary N) is 1. The van der Waals surface area contributed by atoms with Crippen LogP contribution in [-0.4, -0.2) is 12.6 Å². The molecule has 3 aliphatic carbocycles. The summed E-state index contributed by atoms with van der Waals surface area (Å²) in [4.78, 5) is 0. The van der Waals surface area contributed by atoms with E-state index in [0.717, 1.165) is 23.3 Å². The molecular weight excluding hydrogens is 194 g/mol. The molecule has 0 aromatic carbocycles. The van der Waals surface area contributed by atoms with Crippen molar-refractivity contribution in [3.8, 4) is 0 Å². The Balaban J connectivity index is 1.45. The number of hydrogen-bond donors (Lipinski definition) is 1. The molecule has 0 amide bonds. The molecule has 0 spiro atoms. The predicted octanol–water partition coefficient (Wildman–Crippen LogP) is 3.74. The molecule has 0 radical (unpaired) electrons. The molecule has 2 unspecified atom stereocenters. The van der Waals surface area contributed by atoms with Crippen molar-refractivity contribution in [2.75, 3.05) is 6.54 Å². The maximum Gasteiger partial charge on any atom is 0.00700 e. The van der Waals surface area contributed by atoms with Gasteiger partial charge in [0.15, 0.2) is 0 Å². The Hall–Kier alpha value is -0.0400. The first-order valence-electron chi connectivity index (χ1n) is 7.56. The molecule has 16 heavy (non-hydrogen) atoms. The third-order valence-electron chi connectivity index (χ3n) is 5.65. The molecule has 0 aromatic heterocycles. The van der Waals surface area contributed by atoms with Crippen LogP contribution in [0.5, 0.6) is 0 Å². The van der Waals surface area contributed by atoms with Gasteiger partial charge in [-0.2, -0.15) is 0 Å². The third-order valence-corrected chi connectivity index (χ3v) is 5.65. The molecule has 3 fully saturated rings. The van der Waals surface area contributed by atoms with Gasteiger partial charge in [0.25, 0.3) is 0 Å². The fraction of sp³-hybridized carbons (Fsp3) is 1.00. The van der Waals surface area contributed by atoms with E-state index in [1.54, 1.807) is 0 Å². The summed E-state index contributed by atoms with van der Waals surface area (Å²) in [6.45, 7) is 3.70. The molecular formula is C15H27N. The summed E-state index contributed by atoms with van der Waals surface area (Å²) < 4.78 is 0. The fourth-order valence-corrected chi connectivity index (χ4v) is 4.03. The topological polar surface area (TPSA) is 12.0 Å². The largest absolute Gasteiger partial charge is 0.313 e. The maximum absolute atomic E-state index is 3.91. The lowest BCUT2D eigenvalue weighted by Gasteiger charge is -2.43. The van der Waals surface area contributed by atoms with Crippen molar-refractivity contribution in [1.82, 2.24) is 5.32 Å². The fourth-order valence-electron chi connectivity index (χ4n) is 4.03. The average Bonchev–Trinajstić information content (AvgIpc) is 2.96. The minimum atomic E-state index is 0.768. The van der Waals surface area contributed by atoms with E-state index in [-0.39, 0.29) is 0 Å². The Kier molecular flexibility index (Phi) is 2.99. The van der Waals surface area contributed by atoms with E-state index in [1.807, 2.05) is 0 Å². The van der Waals surface area contributed by atoms with Gasteiger partial charge < -0.3 is 5.32 Å². The van der Waals surface area contributed by atoms with E-state index in [1.165, 1.54) is 64.3 Å². The molecule has 0 aliphatic heterocycles. The van der Waals surface area contributed by atoms with Crippen molar-refractivity contribution < 1.29 is 0 Å². The minimum absolute atomic E-state index is 0.768. The first-order valence-corrected chi connectivity index (χ1v) is 7.56. The van der Waals surface area contributed by atoms with Crippen LogP contribution < -0.4 is 5.32 Å². The maximum atomic E-state index is 3.91. The quantitative estimate of drug-likeness (QED) is 0.746. The van der Waals surface area contributed by atoms with Gasteiger partial charge in [-0.1, -0.05) is 19.8 Å². The standard InChI is InChI=1S/C15H27N/c1-2-12-4-7-14(10-12)16-11-15(8-3-9-15)13-5-6-13/h12-14,16H,2-11H2,1H3. The predicted molar refractivity (Wildman–Crippen MR) is 68.4 cm³/mol. The van der Waals surface area contributed by atoms with Crippen LogP contribution in [0.15, 0.2) is 0 Å². The van der Waals surface area contributed by atoms with Gasteiger partial charge in [0, 0.05) is 12.6 Å². The first kappa shape index (κ1) is 11.1. The number of rotatable bonds is 5. The molecule has 0 saturated heterocycles. The summed E-state index contributed by atoms with van der Waals surface area (Å²) in [7, 11) is 0. The Morgan fingerprint density at radius 1 is 1.12 bits per heavy atom. The first-order chi connectivity index (χ1) is 7.82. The van der Waals surface area contributed by atoms with Gasteiger partial charge in [0.05, 0.1) is 0 Å². The summed E-state index contributed by atoms with van der Waals surface area (Å²) in [5, 5.41) is 3.91. The van der Waals surface area contributed by atoms with Gasteiger partial charge in [0.1, 0.15) is 0 Å². The second kappa shape index (κ2) is 4.33. The molecule has 0 bridgehead atoms. The van der Waals surface area contributed by atoms with E-state index in [9.17, 15) is 0 Å². The van der Waals surface area contributed by atoms with E-state index in [0.29, 0.717) is 0 Å². The summed E-state index contributed by atoms with van der Waals surface area (Å²) in [6.07, 6.45) is 13.4. The molecule has 3 aliphatic rings. The zero-order valence-electron chi connectivity index (χ0n) is 10.8. The van der Waals surface area contributed by atoms with Gasteiger partial charge in [0.2, 0.25) is 0 Å². The second-order valence-electron chi connectivity index (χ2n) is 6.66. The third kappa shape index (κ3) is 2.03. The summed E-state index contributed by atoms with van der Waals surface area (Å²) >= 11 is 0. The van der Waals surface area contributed by atoms with Crippen molar-refractivity contribution >= 4 is 0 Å². The molecule has 92 valence electrons. The highest BCUT2D eigenvalue weighted by Gasteiger charge is 2.48. The molecule has 1 heteroatoms. The van der Waals surface area contributed by atoms with Crippen LogP contribution in [0.3, 0.4) is 0 Å². The Bertz CT molecular complexity index is 240. The Morgan fingerprint density at radius 3 is 2.44 bits per heavy atom. The van der Waals surface area contributed by atoms with Crippen molar-refractivity contribution in [1.29, 1.82) is 0 Å². The Labute approximate surface area is 100 Å². The van der Waals surface area contributed by atoms with Gasteiger partial charge in [-0.3, -0.25) is 0 Å². The lowest BCUT2D eigenvalue weighted by molar-refractivity contribution is 0.0945. The summed E-state index contributed by atoms with van der Waals surface area (Å²) in [5.41, 5.74) is 0.768. The van der Waals surface area contributed by atoms with E-state index in [2.05, 4.69) is 12.2 Å². The normalized spacial score (nSPS) is 37.3. The highest BCUT2D eigenvalue weighted by atomic mass is 14.9. The van der Waals surface area contributed by atoms with Crippen molar-refractivity contribution in [2.45, 2.75) is 70.8 Å². The smallest absolute Gasteiger partial charge is 0.00700 e. The molecule has 3 rings (SSSR count). The zero-order chi connectivity index (χ0) is 11.0. The van der Waals surface area contributed by atoms with Gasteiger partial charge >= 0.3 is 0 Å². The van der Waals surface area contributed by atoms with E-state index >= 15 is 0 Å². The lowest BCUT2D eigenvalue weighted by atomic mass is 9.65. The molecule has 3 saturated carbocycles. The molecule has 2 atom stereocenters. The minimum Gasteiger partial charge on any atom is -0.313 e. The monoisotopic (exact) mass is 221 g/mol. The lowest BCUT2D eigenvalue weighted by Crippen LogP contribution is -2.44. The average molecular weight is 221 g/mol. The Morgan fingerprint density at radius 2 is 1.94 bits per heavy atom. The zero-order valence-corrected chi connectivity index (χ0v) is 10.8. The van der Waals surface area contributed by atoms with Crippen LogP contribution in [0.2, 0.25) is 0 Å². The second-order valence-corrected chi connectivity index (χ2v) is 6.66.